The maximum Gasteiger partial charge on any atom is 0.257 e. The molecule has 0 spiro atoms. The quantitative estimate of drug-likeness (QED) is 0.928. The number of hydrogen-bond acceptors (Lipinski definition) is 3. The minimum absolute atomic E-state index is 0.0648. The van der Waals surface area contributed by atoms with E-state index in [-0.39, 0.29) is 5.91 Å². The largest absolute Gasteiger partial charge is 0.457 e. The first-order valence-corrected chi connectivity index (χ1v) is 6.77. The highest BCUT2D eigenvalue weighted by Crippen LogP contribution is 2.18. The minimum atomic E-state index is 0.0648. The fraction of sp³-hybridized carbons (Fsp3) is 0.583. The summed E-state index contributed by atoms with van der Waals surface area (Å²) in [5.74, 6) is 0.0648. The normalized spacial score (nSPS) is 19.5. The molecule has 17 heavy (non-hydrogen) atoms. The van der Waals surface area contributed by atoms with Crippen LogP contribution in [-0.4, -0.2) is 36.5 Å². The van der Waals surface area contributed by atoms with Crippen LogP contribution in [0.5, 0.6) is 0 Å². The van der Waals surface area contributed by atoms with Crippen molar-refractivity contribution in [2.24, 2.45) is 0 Å². The molecule has 1 atom stereocenters. The van der Waals surface area contributed by atoms with Gasteiger partial charge in [-0.3, -0.25) is 4.79 Å². The summed E-state index contributed by atoms with van der Waals surface area (Å²) in [6.07, 6.45) is 3.52. The Bertz CT molecular complexity index is 386. The molecule has 2 rings (SSSR count). The molecule has 1 aliphatic rings. The number of carbonyl (C=O) groups is 1. The first-order chi connectivity index (χ1) is 8.22. The number of rotatable bonds is 4. The van der Waals surface area contributed by atoms with E-state index in [1.165, 1.54) is 6.26 Å². The van der Waals surface area contributed by atoms with Gasteiger partial charge in [0.2, 0.25) is 0 Å². The summed E-state index contributed by atoms with van der Waals surface area (Å²) < 4.78 is 5.73. The van der Waals surface area contributed by atoms with E-state index in [0.29, 0.717) is 16.3 Å². The van der Waals surface area contributed by atoms with E-state index in [2.05, 4.69) is 28.2 Å². The standard InChI is InChI=1S/C12H17BrN2O2/c1-2-5-15(10-3-4-14-7-10)12(16)9-6-11(13)17-8-9/h6,8,10,14H,2-5,7H2,1H3. The van der Waals surface area contributed by atoms with Crippen molar-refractivity contribution in [2.75, 3.05) is 19.6 Å². The summed E-state index contributed by atoms with van der Waals surface area (Å²) in [6.45, 7) is 4.78. The minimum Gasteiger partial charge on any atom is -0.457 e. The van der Waals surface area contributed by atoms with Gasteiger partial charge in [0.15, 0.2) is 4.67 Å². The molecule has 1 aromatic rings. The fourth-order valence-electron chi connectivity index (χ4n) is 2.18. The van der Waals surface area contributed by atoms with Crippen LogP contribution in [0.1, 0.15) is 30.1 Å². The lowest BCUT2D eigenvalue weighted by Gasteiger charge is -2.27. The van der Waals surface area contributed by atoms with E-state index in [1.807, 2.05) is 4.90 Å². The Kier molecular flexibility index (Phi) is 4.23. The van der Waals surface area contributed by atoms with Gasteiger partial charge in [-0.2, -0.15) is 0 Å². The molecule has 1 saturated heterocycles. The lowest BCUT2D eigenvalue weighted by molar-refractivity contribution is 0.0691. The topological polar surface area (TPSA) is 45.5 Å². The van der Waals surface area contributed by atoms with E-state index in [1.54, 1.807) is 6.07 Å². The van der Waals surface area contributed by atoms with Gasteiger partial charge in [0, 0.05) is 25.2 Å². The van der Waals surface area contributed by atoms with Gasteiger partial charge in [0.1, 0.15) is 6.26 Å². The van der Waals surface area contributed by atoms with Crippen LogP contribution in [0.25, 0.3) is 0 Å². The molecule has 0 aromatic carbocycles. The van der Waals surface area contributed by atoms with E-state index in [0.717, 1.165) is 32.5 Å². The monoisotopic (exact) mass is 300 g/mol. The molecule has 4 nitrogen and oxygen atoms in total. The molecule has 94 valence electrons. The summed E-state index contributed by atoms with van der Waals surface area (Å²) in [5, 5.41) is 3.30. The van der Waals surface area contributed by atoms with Crippen molar-refractivity contribution < 1.29 is 9.21 Å². The molecule has 1 amide bonds. The number of halogens is 1. The molecule has 0 bridgehead atoms. The Morgan fingerprint density at radius 1 is 1.71 bits per heavy atom. The van der Waals surface area contributed by atoms with Gasteiger partial charge in [-0.05, 0) is 35.3 Å². The second-order valence-corrected chi connectivity index (χ2v) is 5.07. The number of nitrogens with zero attached hydrogens (tertiary/aromatic N) is 1. The van der Waals surface area contributed by atoms with Crippen LogP contribution in [-0.2, 0) is 0 Å². The molecule has 1 unspecified atom stereocenters. The van der Waals surface area contributed by atoms with Crippen LogP contribution in [0.3, 0.4) is 0 Å². The first-order valence-electron chi connectivity index (χ1n) is 5.98. The van der Waals surface area contributed by atoms with Crippen molar-refractivity contribution in [3.63, 3.8) is 0 Å². The van der Waals surface area contributed by atoms with Gasteiger partial charge in [-0.1, -0.05) is 6.92 Å². The van der Waals surface area contributed by atoms with Crippen molar-refractivity contribution in [3.8, 4) is 0 Å². The molecule has 0 aliphatic carbocycles. The zero-order valence-electron chi connectivity index (χ0n) is 9.91. The van der Waals surface area contributed by atoms with E-state index in [9.17, 15) is 4.79 Å². The van der Waals surface area contributed by atoms with E-state index in [4.69, 9.17) is 4.42 Å². The molecule has 1 aliphatic heterocycles. The molecule has 0 saturated carbocycles. The summed E-state index contributed by atoms with van der Waals surface area (Å²) in [6, 6.07) is 2.05. The van der Waals surface area contributed by atoms with Crippen LogP contribution in [0, 0.1) is 0 Å². The van der Waals surface area contributed by atoms with Crippen LogP contribution in [0.15, 0.2) is 21.4 Å². The summed E-state index contributed by atoms with van der Waals surface area (Å²) in [7, 11) is 0. The Labute approximate surface area is 109 Å². The SMILES string of the molecule is CCCN(C(=O)c1coc(Br)c1)C1CCNC1. The predicted octanol–water partition coefficient (Wildman–Crippen LogP) is 2.26. The highest BCUT2D eigenvalue weighted by molar-refractivity contribution is 9.10. The van der Waals surface area contributed by atoms with Gasteiger partial charge < -0.3 is 14.6 Å². The second kappa shape index (κ2) is 5.69. The zero-order chi connectivity index (χ0) is 12.3. The number of hydrogen-bond donors (Lipinski definition) is 1. The van der Waals surface area contributed by atoms with Crippen LogP contribution >= 0.6 is 15.9 Å². The van der Waals surface area contributed by atoms with E-state index < -0.39 is 0 Å². The molecule has 1 aromatic heterocycles. The molecule has 1 N–H and O–H groups in total. The molecular weight excluding hydrogens is 284 g/mol. The Morgan fingerprint density at radius 3 is 3.06 bits per heavy atom. The predicted molar refractivity (Wildman–Crippen MR) is 69.0 cm³/mol. The smallest absolute Gasteiger partial charge is 0.257 e. The average molecular weight is 301 g/mol. The van der Waals surface area contributed by atoms with Crippen LogP contribution < -0.4 is 5.32 Å². The van der Waals surface area contributed by atoms with Crippen LogP contribution in [0.2, 0.25) is 0 Å². The average Bonchev–Trinajstić information content (AvgIpc) is 2.95. The van der Waals surface area contributed by atoms with Gasteiger partial charge in [0.05, 0.1) is 5.56 Å². The Balaban J connectivity index is 2.12. The lowest BCUT2D eigenvalue weighted by Crippen LogP contribution is -2.41. The van der Waals surface area contributed by atoms with Gasteiger partial charge in [-0.25, -0.2) is 0 Å². The van der Waals surface area contributed by atoms with Crippen molar-refractivity contribution in [3.05, 3.63) is 22.6 Å². The third-order valence-electron chi connectivity index (χ3n) is 3.01. The summed E-state index contributed by atoms with van der Waals surface area (Å²) in [5.41, 5.74) is 0.622. The van der Waals surface area contributed by atoms with Crippen molar-refractivity contribution in [1.29, 1.82) is 0 Å². The zero-order valence-corrected chi connectivity index (χ0v) is 11.5. The third-order valence-corrected chi connectivity index (χ3v) is 3.43. The third kappa shape index (κ3) is 2.90. The highest BCUT2D eigenvalue weighted by Gasteiger charge is 2.27. The van der Waals surface area contributed by atoms with E-state index >= 15 is 0 Å². The first kappa shape index (κ1) is 12.6. The second-order valence-electron chi connectivity index (χ2n) is 4.28. The molecule has 1 fully saturated rings. The van der Waals surface area contributed by atoms with Crippen molar-refractivity contribution in [2.45, 2.75) is 25.8 Å². The molecule has 2 heterocycles. The fourth-order valence-corrected chi connectivity index (χ4v) is 2.52. The Morgan fingerprint density at radius 2 is 2.53 bits per heavy atom. The summed E-state index contributed by atoms with van der Waals surface area (Å²) >= 11 is 3.22. The number of furan rings is 1. The number of carbonyl (C=O) groups excluding carboxylic acids is 1. The molecule has 5 heteroatoms. The highest BCUT2D eigenvalue weighted by atomic mass is 79.9. The van der Waals surface area contributed by atoms with Crippen molar-refractivity contribution in [1.82, 2.24) is 10.2 Å². The molecular formula is C12H17BrN2O2. The van der Waals surface area contributed by atoms with Gasteiger partial charge in [0.25, 0.3) is 5.91 Å². The number of nitrogens with one attached hydrogen (secondary N) is 1. The summed E-state index contributed by atoms with van der Waals surface area (Å²) in [4.78, 5) is 14.3. The van der Waals surface area contributed by atoms with Crippen molar-refractivity contribution >= 4 is 21.8 Å². The van der Waals surface area contributed by atoms with Gasteiger partial charge in [-0.15, -0.1) is 0 Å². The van der Waals surface area contributed by atoms with Crippen LogP contribution in [0.4, 0.5) is 0 Å². The number of amides is 1. The van der Waals surface area contributed by atoms with Gasteiger partial charge >= 0.3 is 0 Å². The lowest BCUT2D eigenvalue weighted by atomic mass is 10.1. The molecule has 0 radical (unpaired) electrons. The maximum absolute atomic E-state index is 12.4. The maximum atomic E-state index is 12.4. The Hall–Kier alpha value is -0.810.